The Kier molecular flexibility index (Phi) is 9.16. The van der Waals surface area contributed by atoms with E-state index in [9.17, 15) is 0 Å². The van der Waals surface area contributed by atoms with Gasteiger partial charge in [0.1, 0.15) is 0 Å². The van der Waals surface area contributed by atoms with Crippen LogP contribution in [-0.2, 0) is 27.1 Å². The van der Waals surface area contributed by atoms with E-state index in [2.05, 4.69) is 221 Å². The molecule has 0 fully saturated rings. The zero-order chi connectivity index (χ0) is 45.9. The topological polar surface area (TPSA) is 6.48 Å². The Morgan fingerprint density at radius 1 is 0.538 bits per heavy atom. The highest BCUT2D eigenvalue weighted by atomic mass is 32.1. The molecule has 2 nitrogen and oxygen atoms in total. The van der Waals surface area contributed by atoms with Crippen LogP contribution in [0.5, 0.6) is 0 Å². The first-order valence-electron chi connectivity index (χ1n) is 24.4. The first-order valence-corrected chi connectivity index (χ1v) is 25.2. The van der Waals surface area contributed by atoms with Gasteiger partial charge < -0.3 is 9.80 Å². The van der Waals surface area contributed by atoms with Crippen molar-refractivity contribution in [3.63, 3.8) is 0 Å². The first-order chi connectivity index (χ1) is 30.6. The maximum Gasteiger partial charge on any atom is 0.264 e. The van der Waals surface area contributed by atoms with Gasteiger partial charge in [-0.2, -0.15) is 0 Å². The van der Waals surface area contributed by atoms with E-state index < -0.39 is 0 Å². The molecule has 0 spiro atoms. The molecule has 4 aliphatic rings. The van der Waals surface area contributed by atoms with Crippen LogP contribution in [0, 0.1) is 20.8 Å². The molecule has 2 aliphatic carbocycles. The molecule has 6 aromatic carbocycles. The predicted molar refractivity (Wildman–Crippen MR) is 285 cm³/mol. The van der Waals surface area contributed by atoms with E-state index in [-0.39, 0.29) is 33.8 Å². The third-order valence-electron chi connectivity index (χ3n) is 16.6. The summed E-state index contributed by atoms with van der Waals surface area (Å²) in [5.41, 5.74) is 24.9. The fourth-order valence-electron chi connectivity index (χ4n) is 12.3. The number of thiophene rings is 1. The molecule has 3 heterocycles. The summed E-state index contributed by atoms with van der Waals surface area (Å²) in [6.45, 7) is 33.8. The van der Waals surface area contributed by atoms with E-state index in [0.717, 1.165) is 0 Å². The van der Waals surface area contributed by atoms with Crippen molar-refractivity contribution in [3.05, 3.63) is 148 Å². The van der Waals surface area contributed by atoms with Gasteiger partial charge in [0.2, 0.25) is 0 Å². The molecular weight excluding hydrogens is 804 g/mol. The molecule has 65 heavy (non-hydrogen) atoms. The predicted octanol–water partition coefficient (Wildman–Crippen LogP) is 15.6. The van der Waals surface area contributed by atoms with Crippen molar-refractivity contribution >= 4 is 78.0 Å². The molecule has 0 amide bonds. The van der Waals surface area contributed by atoms with E-state index in [1.165, 1.54) is 141 Å². The SMILES string of the molecule is Cc1cc2c3c(c1)N(c1ccc(C(C)(C)C)cc1)c1c(sc4cc5c(cc14)C(C)(C)CCC5(C)C)B3c1cc3c(cc1N2c1cc(-c2ccccc2C)ccc1C)C(C)(C)CCC3(C)C. The lowest BCUT2D eigenvalue weighted by Gasteiger charge is -2.47. The highest BCUT2D eigenvalue weighted by molar-refractivity contribution is 7.33. The minimum absolute atomic E-state index is 0.0576. The summed E-state index contributed by atoms with van der Waals surface area (Å²) >= 11 is 2.06. The van der Waals surface area contributed by atoms with E-state index in [0.29, 0.717) is 0 Å². The fraction of sp³-hybridized carbons (Fsp3) is 0.377. The number of nitrogens with zero attached hydrogens (tertiary/aromatic N) is 2. The smallest absolute Gasteiger partial charge is 0.264 e. The Labute approximate surface area is 394 Å². The van der Waals surface area contributed by atoms with Gasteiger partial charge in [-0.05, 0) is 189 Å². The average molecular weight is 871 g/mol. The van der Waals surface area contributed by atoms with Crippen LogP contribution in [0.4, 0.5) is 34.1 Å². The number of anilines is 6. The van der Waals surface area contributed by atoms with Crippen molar-refractivity contribution in [1.29, 1.82) is 0 Å². The van der Waals surface area contributed by atoms with E-state index in [1.54, 1.807) is 0 Å². The van der Waals surface area contributed by atoms with Crippen LogP contribution in [0.2, 0.25) is 0 Å². The van der Waals surface area contributed by atoms with Crippen molar-refractivity contribution in [2.45, 2.75) is 150 Å². The quantitative estimate of drug-likeness (QED) is 0.163. The fourth-order valence-corrected chi connectivity index (χ4v) is 13.6. The van der Waals surface area contributed by atoms with E-state index in [4.69, 9.17) is 0 Å². The maximum absolute atomic E-state index is 2.70. The average Bonchev–Trinajstić information content (AvgIpc) is 3.62. The normalized spacial score (nSPS) is 18.5. The van der Waals surface area contributed by atoms with E-state index in [1.807, 2.05) is 0 Å². The Bertz CT molecular complexity index is 3130. The lowest BCUT2D eigenvalue weighted by atomic mass is 9.35. The third-order valence-corrected chi connectivity index (χ3v) is 17.9. The largest absolute Gasteiger partial charge is 0.311 e. The Morgan fingerprint density at radius 3 is 1.72 bits per heavy atom. The standard InChI is InChI=1S/C61H67BN2S/c1-36-29-51-54-52(30-36)64(49-31-39(20-19-38(49)3)42-18-16-15-17-37(42)2)50-34-46-45(59(9,10)26-27-60(46,11)12)33-48(50)62(54)56-55(63(51)41-23-21-40(22-24-41)57(4,5)6)43-32-44-47(35-53(43)65-56)61(13,14)28-25-58(44,7)8/h15-24,29-35H,25-28H2,1-14H3. The molecular formula is C61H67BN2S. The van der Waals surface area contributed by atoms with Gasteiger partial charge in [0, 0.05) is 43.3 Å². The van der Waals surface area contributed by atoms with Gasteiger partial charge in [0.15, 0.2) is 0 Å². The molecule has 0 saturated heterocycles. The van der Waals surface area contributed by atoms with Crippen molar-refractivity contribution in [3.8, 4) is 11.1 Å². The monoisotopic (exact) mass is 871 g/mol. The van der Waals surface area contributed by atoms with Gasteiger partial charge in [0.25, 0.3) is 6.71 Å². The summed E-state index contributed by atoms with van der Waals surface area (Å²) < 4.78 is 2.88. The highest BCUT2D eigenvalue weighted by Gasteiger charge is 2.49. The van der Waals surface area contributed by atoms with Crippen molar-refractivity contribution in [1.82, 2.24) is 0 Å². The molecule has 330 valence electrons. The van der Waals surface area contributed by atoms with Gasteiger partial charge in [-0.15, -0.1) is 11.3 Å². The number of benzene rings is 6. The van der Waals surface area contributed by atoms with Crippen LogP contribution < -0.4 is 25.5 Å². The second kappa shape index (κ2) is 14.0. The molecule has 0 unspecified atom stereocenters. The Balaban J connectivity index is 1.27. The van der Waals surface area contributed by atoms with Crippen molar-refractivity contribution < 1.29 is 0 Å². The van der Waals surface area contributed by atoms with Gasteiger partial charge >= 0.3 is 0 Å². The number of hydrogen-bond acceptors (Lipinski definition) is 3. The molecule has 0 bridgehead atoms. The van der Waals surface area contributed by atoms with Gasteiger partial charge in [-0.25, -0.2) is 0 Å². The van der Waals surface area contributed by atoms with Crippen molar-refractivity contribution in [2.75, 3.05) is 9.80 Å². The van der Waals surface area contributed by atoms with Crippen LogP contribution in [0.1, 0.15) is 146 Å². The molecule has 0 atom stereocenters. The number of fused-ring (bicyclic) bond motifs is 8. The lowest BCUT2D eigenvalue weighted by Crippen LogP contribution is -2.61. The van der Waals surface area contributed by atoms with Crippen LogP contribution in [0.25, 0.3) is 21.2 Å². The summed E-state index contributed by atoms with van der Waals surface area (Å²) in [5.74, 6) is 0. The molecule has 0 radical (unpaired) electrons. The van der Waals surface area contributed by atoms with Crippen LogP contribution in [0.15, 0.2) is 103 Å². The van der Waals surface area contributed by atoms with E-state index >= 15 is 0 Å². The zero-order valence-electron chi connectivity index (χ0n) is 41.5. The van der Waals surface area contributed by atoms with Gasteiger partial charge in [-0.1, -0.05) is 131 Å². The number of rotatable bonds is 3. The summed E-state index contributed by atoms with van der Waals surface area (Å²) in [5, 5.41) is 1.40. The second-order valence-corrected chi connectivity index (χ2v) is 25.2. The molecule has 0 saturated carbocycles. The summed E-state index contributed by atoms with van der Waals surface area (Å²) in [6, 6.07) is 41.2. The van der Waals surface area contributed by atoms with Crippen LogP contribution in [-0.4, -0.2) is 6.71 Å². The second-order valence-electron chi connectivity index (χ2n) is 24.1. The highest BCUT2D eigenvalue weighted by Crippen LogP contribution is 2.54. The van der Waals surface area contributed by atoms with Crippen LogP contribution >= 0.6 is 11.3 Å². The molecule has 0 N–H and O–H groups in total. The summed E-state index contributed by atoms with van der Waals surface area (Å²) in [7, 11) is 0. The third kappa shape index (κ3) is 6.39. The summed E-state index contributed by atoms with van der Waals surface area (Å²) in [6.07, 6.45) is 4.76. The molecule has 4 heteroatoms. The maximum atomic E-state index is 2.70. The number of aryl methyl sites for hydroxylation is 3. The van der Waals surface area contributed by atoms with Gasteiger partial charge in [0.05, 0.1) is 5.69 Å². The van der Waals surface area contributed by atoms with Crippen molar-refractivity contribution in [2.24, 2.45) is 0 Å². The molecule has 2 aliphatic heterocycles. The lowest BCUT2D eigenvalue weighted by molar-refractivity contribution is 0.332. The Morgan fingerprint density at radius 2 is 1.11 bits per heavy atom. The number of hydrogen-bond donors (Lipinski definition) is 0. The van der Waals surface area contributed by atoms with Crippen LogP contribution in [0.3, 0.4) is 0 Å². The summed E-state index contributed by atoms with van der Waals surface area (Å²) in [4.78, 5) is 5.37. The Hall–Kier alpha value is -5.06. The molecule has 7 aromatic rings. The zero-order valence-corrected chi connectivity index (χ0v) is 42.3. The minimum Gasteiger partial charge on any atom is -0.311 e. The molecule has 1 aromatic heterocycles. The van der Waals surface area contributed by atoms with Gasteiger partial charge in [-0.3, -0.25) is 0 Å². The minimum atomic E-state index is 0.0576. The first kappa shape index (κ1) is 42.6. The molecule has 11 rings (SSSR count).